The zero-order valence-corrected chi connectivity index (χ0v) is 17.7. The number of hydrogen-bond donors (Lipinski definition) is 1. The molecule has 0 aliphatic carbocycles. The summed E-state index contributed by atoms with van der Waals surface area (Å²) in [4.78, 5) is 13.1. The average molecular weight is 419 g/mol. The largest absolute Gasteiger partial charge is 0.493 e. The van der Waals surface area contributed by atoms with Crippen LogP contribution in [0.4, 0.5) is 5.69 Å². The molecule has 0 bridgehead atoms. The van der Waals surface area contributed by atoms with Crippen LogP contribution >= 0.6 is 0 Å². The van der Waals surface area contributed by atoms with Crippen molar-refractivity contribution >= 4 is 21.6 Å². The predicted molar refractivity (Wildman–Crippen MR) is 111 cm³/mol. The number of benzene rings is 2. The summed E-state index contributed by atoms with van der Waals surface area (Å²) in [6, 6.07) is 11.8. The molecule has 0 saturated carbocycles. The number of nitrogens with zero attached hydrogens (tertiary/aromatic N) is 1. The number of amides is 1. The maximum absolute atomic E-state index is 12.9. The van der Waals surface area contributed by atoms with Gasteiger partial charge in [0.05, 0.1) is 25.0 Å². The highest BCUT2D eigenvalue weighted by Gasteiger charge is 2.33. The SMILES string of the molecule is COc1cc(C)c(NC(=O)C2CCCN(S(=O)(=O)c3ccccc3)C2)cc1OC. The molecule has 3 rings (SSSR count). The van der Waals surface area contributed by atoms with E-state index < -0.39 is 15.9 Å². The predicted octanol–water partition coefficient (Wildman–Crippen LogP) is 3.05. The molecule has 0 spiro atoms. The molecule has 1 aliphatic rings. The first-order valence-electron chi connectivity index (χ1n) is 9.45. The molecule has 1 aliphatic heterocycles. The summed E-state index contributed by atoms with van der Waals surface area (Å²) in [7, 11) is -0.524. The van der Waals surface area contributed by atoms with Crippen LogP contribution in [0.3, 0.4) is 0 Å². The molecule has 1 heterocycles. The highest BCUT2D eigenvalue weighted by Crippen LogP contribution is 2.33. The van der Waals surface area contributed by atoms with Crippen molar-refractivity contribution in [2.75, 3.05) is 32.6 Å². The monoisotopic (exact) mass is 418 g/mol. The van der Waals surface area contributed by atoms with Gasteiger partial charge < -0.3 is 14.8 Å². The fourth-order valence-corrected chi connectivity index (χ4v) is 5.01. The Balaban J connectivity index is 1.75. The molecule has 1 unspecified atom stereocenters. The quantitative estimate of drug-likeness (QED) is 0.779. The van der Waals surface area contributed by atoms with E-state index in [2.05, 4.69) is 5.32 Å². The van der Waals surface area contributed by atoms with Gasteiger partial charge in [-0.05, 0) is 43.5 Å². The van der Waals surface area contributed by atoms with E-state index in [4.69, 9.17) is 9.47 Å². The molecule has 2 aromatic rings. The zero-order valence-electron chi connectivity index (χ0n) is 16.8. The lowest BCUT2D eigenvalue weighted by Crippen LogP contribution is -2.43. The molecule has 1 saturated heterocycles. The summed E-state index contributed by atoms with van der Waals surface area (Å²) in [6.45, 7) is 2.44. The van der Waals surface area contributed by atoms with Crippen LogP contribution in [0.25, 0.3) is 0 Å². The fraction of sp³-hybridized carbons (Fsp3) is 0.381. The third-order valence-electron chi connectivity index (χ3n) is 5.12. The summed E-state index contributed by atoms with van der Waals surface area (Å²) in [5.74, 6) is 0.481. The lowest BCUT2D eigenvalue weighted by atomic mass is 9.98. The summed E-state index contributed by atoms with van der Waals surface area (Å²) in [5.41, 5.74) is 1.45. The number of nitrogens with one attached hydrogen (secondary N) is 1. The number of anilines is 1. The molecule has 7 nitrogen and oxygen atoms in total. The standard InChI is InChI=1S/C21H26N2O5S/c1-15-12-19(27-2)20(28-3)13-18(15)22-21(24)16-8-7-11-23(14-16)29(25,26)17-9-5-4-6-10-17/h4-6,9-10,12-13,16H,7-8,11,14H2,1-3H3,(H,22,24). The molecule has 0 radical (unpaired) electrons. The first-order valence-corrected chi connectivity index (χ1v) is 10.9. The van der Waals surface area contributed by atoms with Gasteiger partial charge in [0.2, 0.25) is 15.9 Å². The van der Waals surface area contributed by atoms with E-state index >= 15 is 0 Å². The van der Waals surface area contributed by atoms with Gasteiger partial charge in [0.1, 0.15) is 0 Å². The van der Waals surface area contributed by atoms with Gasteiger partial charge in [0, 0.05) is 24.8 Å². The molecule has 1 fully saturated rings. The number of carbonyl (C=O) groups excluding carboxylic acids is 1. The minimum atomic E-state index is -3.61. The van der Waals surface area contributed by atoms with Gasteiger partial charge in [-0.25, -0.2) is 8.42 Å². The molecular weight excluding hydrogens is 392 g/mol. The van der Waals surface area contributed by atoms with Gasteiger partial charge >= 0.3 is 0 Å². The third kappa shape index (κ3) is 4.54. The van der Waals surface area contributed by atoms with Crippen LogP contribution in [-0.2, 0) is 14.8 Å². The van der Waals surface area contributed by atoms with Crippen molar-refractivity contribution < 1.29 is 22.7 Å². The van der Waals surface area contributed by atoms with E-state index in [9.17, 15) is 13.2 Å². The first kappa shape index (κ1) is 21.1. The minimum absolute atomic E-state index is 0.162. The molecule has 1 atom stereocenters. The Morgan fingerprint density at radius 2 is 1.76 bits per heavy atom. The maximum atomic E-state index is 12.9. The van der Waals surface area contributed by atoms with Crippen LogP contribution in [0.2, 0.25) is 0 Å². The fourth-order valence-electron chi connectivity index (χ4n) is 3.47. The number of piperidine rings is 1. The van der Waals surface area contributed by atoms with Crippen LogP contribution in [0, 0.1) is 12.8 Å². The summed E-state index contributed by atoms with van der Waals surface area (Å²) in [6.07, 6.45) is 1.27. The highest BCUT2D eigenvalue weighted by atomic mass is 32.2. The molecule has 0 aromatic heterocycles. The summed E-state index contributed by atoms with van der Waals surface area (Å²) < 4.78 is 37.8. The van der Waals surface area contributed by atoms with E-state index in [0.717, 1.165) is 5.56 Å². The smallest absolute Gasteiger partial charge is 0.243 e. The summed E-state index contributed by atoms with van der Waals surface area (Å²) >= 11 is 0. The maximum Gasteiger partial charge on any atom is 0.243 e. The van der Waals surface area contributed by atoms with Gasteiger partial charge in [0.25, 0.3) is 0 Å². The van der Waals surface area contributed by atoms with E-state index in [1.165, 1.54) is 11.4 Å². The lowest BCUT2D eigenvalue weighted by Gasteiger charge is -2.31. The van der Waals surface area contributed by atoms with Crippen LogP contribution in [0.5, 0.6) is 11.5 Å². The highest BCUT2D eigenvalue weighted by molar-refractivity contribution is 7.89. The second kappa shape index (κ2) is 8.84. The Bertz CT molecular complexity index is 976. The average Bonchev–Trinajstić information content (AvgIpc) is 2.75. The van der Waals surface area contributed by atoms with Crippen molar-refractivity contribution in [2.45, 2.75) is 24.7 Å². The number of rotatable bonds is 6. The van der Waals surface area contributed by atoms with Crippen LogP contribution in [0.15, 0.2) is 47.4 Å². The first-order chi connectivity index (χ1) is 13.9. The number of ether oxygens (including phenoxy) is 2. The van der Waals surface area contributed by atoms with E-state index in [1.807, 2.05) is 6.92 Å². The number of methoxy groups -OCH3 is 2. The molecule has 29 heavy (non-hydrogen) atoms. The Kier molecular flexibility index (Phi) is 6.44. The molecule has 2 aromatic carbocycles. The van der Waals surface area contributed by atoms with Crippen LogP contribution in [-0.4, -0.2) is 45.9 Å². The lowest BCUT2D eigenvalue weighted by molar-refractivity contribution is -0.120. The van der Waals surface area contributed by atoms with Crippen molar-refractivity contribution in [3.8, 4) is 11.5 Å². The molecule has 1 amide bonds. The number of carbonyl (C=O) groups is 1. The minimum Gasteiger partial charge on any atom is -0.493 e. The van der Waals surface area contributed by atoms with E-state index in [1.54, 1.807) is 49.6 Å². The molecule has 156 valence electrons. The second-order valence-corrected chi connectivity index (χ2v) is 8.96. The third-order valence-corrected chi connectivity index (χ3v) is 7.00. The van der Waals surface area contributed by atoms with Crippen molar-refractivity contribution in [2.24, 2.45) is 5.92 Å². The number of sulfonamides is 1. The van der Waals surface area contributed by atoms with Crippen molar-refractivity contribution in [1.82, 2.24) is 4.31 Å². The van der Waals surface area contributed by atoms with Crippen molar-refractivity contribution in [3.05, 3.63) is 48.0 Å². The Labute approximate surface area is 171 Å². The summed E-state index contributed by atoms with van der Waals surface area (Å²) in [5, 5.41) is 2.92. The molecule has 1 N–H and O–H groups in total. The van der Waals surface area contributed by atoms with E-state index in [-0.39, 0.29) is 17.3 Å². The van der Waals surface area contributed by atoms with Gasteiger partial charge in [-0.3, -0.25) is 4.79 Å². The topological polar surface area (TPSA) is 84.9 Å². The Hall–Kier alpha value is -2.58. The van der Waals surface area contributed by atoms with Gasteiger partial charge in [-0.2, -0.15) is 4.31 Å². The van der Waals surface area contributed by atoms with Gasteiger partial charge in [-0.15, -0.1) is 0 Å². The van der Waals surface area contributed by atoms with Crippen molar-refractivity contribution in [3.63, 3.8) is 0 Å². The Morgan fingerprint density at radius 3 is 2.41 bits per heavy atom. The second-order valence-electron chi connectivity index (χ2n) is 7.03. The normalized spacial score (nSPS) is 17.6. The number of hydrogen-bond acceptors (Lipinski definition) is 5. The number of aryl methyl sites for hydroxylation is 1. The van der Waals surface area contributed by atoms with Crippen LogP contribution < -0.4 is 14.8 Å². The molecule has 8 heteroatoms. The van der Waals surface area contributed by atoms with Gasteiger partial charge in [-0.1, -0.05) is 18.2 Å². The van der Waals surface area contributed by atoms with Crippen LogP contribution in [0.1, 0.15) is 18.4 Å². The Morgan fingerprint density at radius 1 is 1.10 bits per heavy atom. The zero-order chi connectivity index (χ0) is 21.0. The molecular formula is C21H26N2O5S. The van der Waals surface area contributed by atoms with E-state index in [0.29, 0.717) is 36.6 Å². The van der Waals surface area contributed by atoms with Crippen molar-refractivity contribution in [1.29, 1.82) is 0 Å². The van der Waals surface area contributed by atoms with Gasteiger partial charge in [0.15, 0.2) is 11.5 Å².